The molecular weight excluding hydrogens is 196 g/mol. The second-order valence-electron chi connectivity index (χ2n) is 2.08. The molecule has 0 aliphatic carbocycles. The van der Waals surface area contributed by atoms with Crippen LogP contribution in [0.4, 0.5) is 0 Å². The van der Waals surface area contributed by atoms with E-state index in [0.717, 1.165) is 11.5 Å². The normalized spacial score (nSPS) is 9.69. The van der Waals surface area contributed by atoms with E-state index in [-0.39, 0.29) is 26.4 Å². The Morgan fingerprint density at radius 1 is 0.846 bits per heavy atom. The summed E-state index contributed by atoms with van der Waals surface area (Å²) >= 11 is 1.55. The molecule has 0 fully saturated rings. The number of thioether (sulfide) groups is 1. The van der Waals surface area contributed by atoms with Crippen LogP contribution in [-0.4, -0.2) is 69.6 Å². The minimum atomic E-state index is -0.954. The lowest BCUT2D eigenvalue weighted by Gasteiger charge is -1.96. The summed E-state index contributed by atoms with van der Waals surface area (Å²) in [5, 5.41) is 40.4. The highest BCUT2D eigenvalue weighted by atomic mass is 32.2. The van der Waals surface area contributed by atoms with E-state index < -0.39 is 6.10 Å². The van der Waals surface area contributed by atoms with E-state index in [1.165, 1.54) is 0 Å². The first-order valence-corrected chi connectivity index (χ1v) is 5.07. The largest absolute Gasteiger partial charge is 0.396 e. The van der Waals surface area contributed by atoms with E-state index in [2.05, 4.69) is 0 Å². The molecule has 0 spiro atoms. The quantitative estimate of drug-likeness (QED) is 0.329. The van der Waals surface area contributed by atoms with E-state index in [1.807, 2.05) is 0 Å². The van der Waals surface area contributed by atoms with E-state index in [0.29, 0.717) is 0 Å². The first-order chi connectivity index (χ1) is 6.22. The first-order valence-electron chi connectivity index (χ1n) is 3.92. The molecule has 6 heteroatoms. The molecule has 0 radical (unpaired) electrons. The Hall–Kier alpha value is 0.150. The molecule has 0 bridgehead atoms. The van der Waals surface area contributed by atoms with Gasteiger partial charge in [0.05, 0.1) is 26.4 Å². The zero-order chi connectivity index (χ0) is 10.5. The summed E-state index contributed by atoms with van der Waals surface area (Å²) in [7, 11) is 0. The molecule has 5 N–H and O–H groups in total. The average molecular weight is 214 g/mol. The van der Waals surface area contributed by atoms with Gasteiger partial charge in [-0.2, -0.15) is 11.8 Å². The van der Waals surface area contributed by atoms with Crippen LogP contribution in [0.1, 0.15) is 0 Å². The zero-order valence-corrected chi connectivity index (χ0v) is 8.28. The summed E-state index contributed by atoms with van der Waals surface area (Å²) in [5.41, 5.74) is 0. The van der Waals surface area contributed by atoms with Gasteiger partial charge in [0, 0.05) is 11.5 Å². The van der Waals surface area contributed by atoms with Crippen molar-refractivity contribution in [3.05, 3.63) is 0 Å². The number of rotatable bonds is 6. The summed E-state index contributed by atoms with van der Waals surface area (Å²) < 4.78 is 0. The molecular formula is C7H18O5S. The minimum absolute atomic E-state index is 0.213. The van der Waals surface area contributed by atoms with Crippen molar-refractivity contribution in [1.29, 1.82) is 0 Å². The summed E-state index contributed by atoms with van der Waals surface area (Å²) in [5.74, 6) is 1.47. The number of aliphatic hydroxyl groups is 5. The minimum Gasteiger partial charge on any atom is -0.396 e. The molecule has 0 unspecified atom stereocenters. The van der Waals surface area contributed by atoms with Gasteiger partial charge in [0.2, 0.25) is 0 Å². The standard InChI is InChI=1S/C4H10O2S.C3H8O3/c5-1-3-7-4-2-6;4-1-3(6)2-5/h5-6H,1-4H2;3-6H,1-2H2. The SMILES string of the molecule is OCC(O)CO.OCCSCCO. The van der Waals surface area contributed by atoms with Crippen molar-refractivity contribution in [2.24, 2.45) is 0 Å². The van der Waals surface area contributed by atoms with Crippen molar-refractivity contribution in [3.8, 4) is 0 Å². The van der Waals surface area contributed by atoms with Crippen LogP contribution in [0.15, 0.2) is 0 Å². The predicted molar refractivity (Wildman–Crippen MR) is 51.7 cm³/mol. The Bertz CT molecular complexity index is 75.3. The van der Waals surface area contributed by atoms with Crippen molar-refractivity contribution in [2.45, 2.75) is 6.10 Å². The third kappa shape index (κ3) is 18.8. The van der Waals surface area contributed by atoms with Gasteiger partial charge in [0.25, 0.3) is 0 Å². The van der Waals surface area contributed by atoms with Crippen molar-refractivity contribution in [1.82, 2.24) is 0 Å². The van der Waals surface area contributed by atoms with Crippen molar-refractivity contribution >= 4 is 11.8 Å². The average Bonchev–Trinajstić information content (AvgIpc) is 2.18. The summed E-state index contributed by atoms with van der Waals surface area (Å²) in [6.45, 7) is -0.303. The van der Waals surface area contributed by atoms with Crippen LogP contribution < -0.4 is 0 Å². The monoisotopic (exact) mass is 214 g/mol. The Balaban J connectivity index is 0. The lowest BCUT2D eigenvalue weighted by molar-refractivity contribution is 0.0450. The first kappa shape index (κ1) is 15.6. The summed E-state index contributed by atoms with van der Waals surface area (Å²) in [6.07, 6.45) is -0.954. The number of aliphatic hydroxyl groups excluding tert-OH is 5. The van der Waals surface area contributed by atoms with Gasteiger partial charge in [-0.15, -0.1) is 0 Å². The molecule has 5 nitrogen and oxygen atoms in total. The fraction of sp³-hybridized carbons (Fsp3) is 1.00. The van der Waals surface area contributed by atoms with Gasteiger partial charge >= 0.3 is 0 Å². The molecule has 0 aromatic heterocycles. The Kier molecular flexibility index (Phi) is 17.6. The highest BCUT2D eigenvalue weighted by molar-refractivity contribution is 7.99. The fourth-order valence-electron chi connectivity index (χ4n) is 0.289. The van der Waals surface area contributed by atoms with Crippen LogP contribution in [0.3, 0.4) is 0 Å². The van der Waals surface area contributed by atoms with Crippen molar-refractivity contribution < 1.29 is 25.5 Å². The molecule has 13 heavy (non-hydrogen) atoms. The molecule has 0 rings (SSSR count). The third-order valence-corrected chi connectivity index (χ3v) is 1.84. The summed E-state index contributed by atoms with van der Waals surface area (Å²) in [6, 6.07) is 0. The Morgan fingerprint density at radius 3 is 1.38 bits per heavy atom. The lowest BCUT2D eigenvalue weighted by atomic mass is 10.4. The van der Waals surface area contributed by atoms with Gasteiger partial charge in [0.15, 0.2) is 0 Å². The smallest absolute Gasteiger partial charge is 0.100 e. The zero-order valence-electron chi connectivity index (χ0n) is 7.46. The summed E-state index contributed by atoms with van der Waals surface area (Å²) in [4.78, 5) is 0. The van der Waals surface area contributed by atoms with E-state index >= 15 is 0 Å². The van der Waals surface area contributed by atoms with Gasteiger partial charge in [-0.05, 0) is 0 Å². The van der Waals surface area contributed by atoms with Crippen LogP contribution >= 0.6 is 11.8 Å². The highest BCUT2D eigenvalue weighted by Crippen LogP contribution is 1.94. The third-order valence-electron chi connectivity index (χ3n) is 0.893. The maximum Gasteiger partial charge on any atom is 0.100 e. The Labute approximate surface area is 82.0 Å². The highest BCUT2D eigenvalue weighted by Gasteiger charge is 1.93. The number of hydrogen-bond donors (Lipinski definition) is 5. The lowest BCUT2D eigenvalue weighted by Crippen LogP contribution is -2.15. The van der Waals surface area contributed by atoms with E-state index in [9.17, 15) is 0 Å². The van der Waals surface area contributed by atoms with Gasteiger partial charge in [-0.25, -0.2) is 0 Å². The molecule has 0 saturated heterocycles. The van der Waals surface area contributed by atoms with Gasteiger partial charge in [0.1, 0.15) is 6.10 Å². The van der Waals surface area contributed by atoms with Gasteiger partial charge < -0.3 is 25.5 Å². The van der Waals surface area contributed by atoms with Crippen molar-refractivity contribution in [3.63, 3.8) is 0 Å². The molecule has 0 aliphatic heterocycles. The number of hydrogen-bond acceptors (Lipinski definition) is 6. The molecule has 0 heterocycles. The second kappa shape index (κ2) is 14.7. The molecule has 0 atom stereocenters. The molecule has 0 aromatic rings. The predicted octanol–water partition coefficient (Wildman–Crippen LogP) is -1.96. The fourth-order valence-corrected chi connectivity index (χ4v) is 0.751. The van der Waals surface area contributed by atoms with Crippen LogP contribution in [0, 0.1) is 0 Å². The van der Waals surface area contributed by atoms with Gasteiger partial charge in [-0.3, -0.25) is 0 Å². The van der Waals surface area contributed by atoms with Crippen LogP contribution in [0.25, 0.3) is 0 Å². The van der Waals surface area contributed by atoms with E-state index in [4.69, 9.17) is 25.5 Å². The van der Waals surface area contributed by atoms with Crippen LogP contribution in [0.2, 0.25) is 0 Å². The van der Waals surface area contributed by atoms with Crippen LogP contribution in [-0.2, 0) is 0 Å². The molecule has 0 amide bonds. The molecule has 0 aromatic carbocycles. The molecule has 0 aliphatic rings. The maximum absolute atomic E-state index is 8.19. The van der Waals surface area contributed by atoms with E-state index in [1.54, 1.807) is 11.8 Å². The van der Waals surface area contributed by atoms with Crippen molar-refractivity contribution in [2.75, 3.05) is 37.9 Å². The maximum atomic E-state index is 8.19. The molecule has 82 valence electrons. The second-order valence-corrected chi connectivity index (χ2v) is 3.30. The topological polar surface area (TPSA) is 101 Å². The molecule has 0 saturated carbocycles. The van der Waals surface area contributed by atoms with Crippen LogP contribution in [0.5, 0.6) is 0 Å². The van der Waals surface area contributed by atoms with Gasteiger partial charge in [-0.1, -0.05) is 0 Å². The Morgan fingerprint density at radius 2 is 1.23 bits per heavy atom.